The Morgan fingerprint density at radius 3 is 2.55 bits per heavy atom. The molecule has 0 N–H and O–H groups in total. The number of fused-ring (bicyclic) bond motifs is 1. The van der Waals surface area contributed by atoms with Crippen LogP contribution in [0.5, 0.6) is 0 Å². The lowest BCUT2D eigenvalue weighted by molar-refractivity contribution is 0.595. The Morgan fingerprint density at radius 2 is 1.77 bits per heavy atom. The fraction of sp³-hybridized carbons (Fsp3) is 0.125. The van der Waals surface area contributed by atoms with Gasteiger partial charge in [-0.3, -0.25) is 9.29 Å². The smallest absolute Gasteiger partial charge is 0.256 e. The molecule has 3 rings (SSSR count). The van der Waals surface area contributed by atoms with Gasteiger partial charge in [0.25, 0.3) is 10.0 Å². The van der Waals surface area contributed by atoms with E-state index in [2.05, 4.69) is 9.97 Å². The van der Waals surface area contributed by atoms with Gasteiger partial charge in [-0.15, -0.1) is 0 Å². The molecule has 0 saturated heterocycles. The van der Waals surface area contributed by atoms with Crippen LogP contribution in [0.2, 0.25) is 0 Å². The minimum Gasteiger partial charge on any atom is -0.256 e. The van der Waals surface area contributed by atoms with E-state index in [1.807, 2.05) is 13.0 Å². The van der Waals surface area contributed by atoms with Crippen LogP contribution in [-0.2, 0) is 10.0 Å². The summed E-state index contributed by atoms with van der Waals surface area (Å²) in [5, 5.41) is 0.601. The Bertz CT molecular complexity index is 934. The van der Waals surface area contributed by atoms with Crippen molar-refractivity contribution in [3.05, 3.63) is 60.4 Å². The van der Waals surface area contributed by atoms with Gasteiger partial charge in [0.1, 0.15) is 5.82 Å². The Labute approximate surface area is 129 Å². The number of sulfonamides is 1. The van der Waals surface area contributed by atoms with Gasteiger partial charge in [0.2, 0.25) is 0 Å². The number of hydrogen-bond donors (Lipinski definition) is 0. The van der Waals surface area contributed by atoms with Crippen molar-refractivity contribution >= 4 is 26.7 Å². The SMILES string of the molecule is Cc1cccc(N(C)S(=O)(=O)c2cccc3ncccc23)n1. The van der Waals surface area contributed by atoms with Crippen LogP contribution in [0.15, 0.2) is 59.6 Å². The van der Waals surface area contributed by atoms with Crippen molar-refractivity contribution in [1.82, 2.24) is 9.97 Å². The number of rotatable bonds is 3. The van der Waals surface area contributed by atoms with Gasteiger partial charge in [0.15, 0.2) is 0 Å². The molecule has 5 nitrogen and oxygen atoms in total. The minimum atomic E-state index is -3.70. The molecule has 0 amide bonds. The van der Waals surface area contributed by atoms with E-state index >= 15 is 0 Å². The topological polar surface area (TPSA) is 63.2 Å². The first kappa shape index (κ1) is 14.5. The summed E-state index contributed by atoms with van der Waals surface area (Å²) in [4.78, 5) is 8.70. The highest BCUT2D eigenvalue weighted by Gasteiger charge is 2.24. The predicted molar refractivity (Wildman–Crippen MR) is 86.3 cm³/mol. The third kappa shape index (κ3) is 2.42. The summed E-state index contributed by atoms with van der Waals surface area (Å²) in [5.41, 5.74) is 1.41. The number of anilines is 1. The van der Waals surface area contributed by atoms with Crippen LogP contribution in [0.3, 0.4) is 0 Å². The first-order valence-electron chi connectivity index (χ1n) is 6.76. The Hall–Kier alpha value is -2.47. The lowest BCUT2D eigenvalue weighted by Gasteiger charge is -2.19. The normalized spacial score (nSPS) is 11.5. The highest BCUT2D eigenvalue weighted by atomic mass is 32.2. The van der Waals surface area contributed by atoms with Crippen molar-refractivity contribution in [1.29, 1.82) is 0 Å². The number of aryl methyl sites for hydroxylation is 1. The zero-order valence-corrected chi connectivity index (χ0v) is 13.1. The van der Waals surface area contributed by atoms with Gasteiger partial charge in [0.05, 0.1) is 10.4 Å². The van der Waals surface area contributed by atoms with Crippen molar-refractivity contribution in [2.75, 3.05) is 11.4 Å². The second-order valence-electron chi connectivity index (χ2n) is 4.94. The molecule has 0 unspecified atom stereocenters. The molecule has 2 heterocycles. The Balaban J connectivity index is 2.16. The molecule has 0 radical (unpaired) electrons. The van der Waals surface area contributed by atoms with Crippen molar-refractivity contribution in [2.45, 2.75) is 11.8 Å². The van der Waals surface area contributed by atoms with Gasteiger partial charge in [-0.05, 0) is 43.3 Å². The summed E-state index contributed by atoms with van der Waals surface area (Å²) in [5.74, 6) is 0.390. The summed E-state index contributed by atoms with van der Waals surface area (Å²) >= 11 is 0. The van der Waals surface area contributed by atoms with Gasteiger partial charge >= 0.3 is 0 Å². The summed E-state index contributed by atoms with van der Waals surface area (Å²) in [6, 6.07) is 13.8. The lowest BCUT2D eigenvalue weighted by Crippen LogP contribution is -2.27. The average molecular weight is 313 g/mol. The van der Waals surface area contributed by atoms with Crippen LogP contribution < -0.4 is 4.31 Å². The van der Waals surface area contributed by atoms with Crippen molar-refractivity contribution < 1.29 is 8.42 Å². The lowest BCUT2D eigenvalue weighted by atomic mass is 10.2. The molecule has 112 valence electrons. The summed E-state index contributed by atoms with van der Waals surface area (Å²) in [6.45, 7) is 1.83. The molecule has 1 aromatic carbocycles. The second kappa shape index (κ2) is 5.38. The van der Waals surface area contributed by atoms with Gasteiger partial charge in [0, 0.05) is 24.3 Å². The fourth-order valence-electron chi connectivity index (χ4n) is 2.27. The minimum absolute atomic E-state index is 0.226. The van der Waals surface area contributed by atoms with E-state index in [1.54, 1.807) is 48.7 Å². The maximum atomic E-state index is 12.9. The van der Waals surface area contributed by atoms with E-state index in [4.69, 9.17) is 0 Å². The van der Waals surface area contributed by atoms with Gasteiger partial charge in [-0.2, -0.15) is 0 Å². The first-order valence-corrected chi connectivity index (χ1v) is 8.20. The summed E-state index contributed by atoms with van der Waals surface area (Å²) in [7, 11) is -2.20. The molecule has 6 heteroatoms. The zero-order valence-electron chi connectivity index (χ0n) is 12.3. The molecule has 0 fully saturated rings. The van der Waals surface area contributed by atoms with E-state index in [1.165, 1.54) is 11.4 Å². The largest absolute Gasteiger partial charge is 0.265 e. The Kier molecular flexibility index (Phi) is 3.54. The molecular weight excluding hydrogens is 298 g/mol. The highest BCUT2D eigenvalue weighted by Crippen LogP contribution is 2.26. The number of benzene rings is 1. The van der Waals surface area contributed by atoms with E-state index < -0.39 is 10.0 Å². The Morgan fingerprint density at radius 1 is 1.00 bits per heavy atom. The van der Waals surface area contributed by atoms with Gasteiger partial charge in [-0.1, -0.05) is 12.1 Å². The molecule has 0 aliphatic heterocycles. The number of pyridine rings is 2. The molecule has 0 aliphatic rings. The van der Waals surface area contributed by atoms with Crippen LogP contribution in [0.4, 0.5) is 5.82 Å². The molecule has 0 atom stereocenters. The average Bonchev–Trinajstić information content (AvgIpc) is 2.53. The molecule has 0 saturated carbocycles. The second-order valence-corrected chi connectivity index (χ2v) is 6.87. The maximum absolute atomic E-state index is 12.9. The van der Waals surface area contributed by atoms with Crippen molar-refractivity contribution in [2.24, 2.45) is 0 Å². The molecule has 0 bridgehead atoms. The van der Waals surface area contributed by atoms with E-state index in [0.717, 1.165) is 5.69 Å². The van der Waals surface area contributed by atoms with Crippen LogP contribution in [0.1, 0.15) is 5.69 Å². The molecule has 0 spiro atoms. The number of aromatic nitrogens is 2. The highest BCUT2D eigenvalue weighted by molar-refractivity contribution is 7.93. The molecule has 22 heavy (non-hydrogen) atoms. The molecule has 2 aromatic heterocycles. The van der Waals surface area contributed by atoms with Crippen molar-refractivity contribution in [3.8, 4) is 0 Å². The number of hydrogen-bond acceptors (Lipinski definition) is 4. The van der Waals surface area contributed by atoms with Crippen LogP contribution >= 0.6 is 0 Å². The maximum Gasteiger partial charge on any atom is 0.265 e. The van der Waals surface area contributed by atoms with Crippen LogP contribution in [0, 0.1) is 6.92 Å². The standard InChI is InChI=1S/C16H15N3O2S/c1-12-6-3-10-16(18-12)19(2)22(20,21)15-9-4-8-14-13(15)7-5-11-17-14/h3-11H,1-2H3. The zero-order chi connectivity index (χ0) is 15.7. The van der Waals surface area contributed by atoms with E-state index in [0.29, 0.717) is 16.7 Å². The van der Waals surface area contributed by atoms with Crippen LogP contribution in [0.25, 0.3) is 10.9 Å². The number of nitrogens with zero attached hydrogens (tertiary/aromatic N) is 3. The monoisotopic (exact) mass is 313 g/mol. The third-order valence-corrected chi connectivity index (χ3v) is 5.26. The third-order valence-electron chi connectivity index (χ3n) is 3.44. The quantitative estimate of drug-likeness (QED) is 0.746. The predicted octanol–water partition coefficient (Wildman–Crippen LogP) is 2.76. The van der Waals surface area contributed by atoms with Crippen LogP contribution in [-0.4, -0.2) is 25.4 Å². The first-order chi connectivity index (χ1) is 10.5. The summed E-state index contributed by atoms with van der Waals surface area (Å²) < 4.78 is 27.0. The van der Waals surface area contributed by atoms with Crippen molar-refractivity contribution in [3.63, 3.8) is 0 Å². The molecule has 3 aromatic rings. The summed E-state index contributed by atoms with van der Waals surface area (Å²) in [6.07, 6.45) is 1.64. The molecular formula is C16H15N3O2S. The fourth-order valence-corrected chi connectivity index (χ4v) is 3.62. The molecule has 0 aliphatic carbocycles. The van der Waals surface area contributed by atoms with Gasteiger partial charge in [-0.25, -0.2) is 13.4 Å². The van der Waals surface area contributed by atoms with Gasteiger partial charge < -0.3 is 0 Å². The van der Waals surface area contributed by atoms with E-state index in [9.17, 15) is 8.42 Å². The van der Waals surface area contributed by atoms with E-state index in [-0.39, 0.29) is 4.90 Å².